The van der Waals surface area contributed by atoms with Crippen molar-refractivity contribution in [2.75, 3.05) is 22.5 Å². The topological polar surface area (TPSA) is 120 Å². The van der Waals surface area contributed by atoms with E-state index in [1.54, 1.807) is 0 Å². The molecule has 0 heterocycles. The van der Waals surface area contributed by atoms with E-state index in [2.05, 4.69) is 4.72 Å². The maximum Gasteiger partial charge on any atom is 1.00 e. The van der Waals surface area contributed by atoms with E-state index < -0.39 is 25.8 Å². The Kier molecular flexibility index (Phi) is 7.46. The molecule has 0 bridgehead atoms. The molecular formula is C11H14LiNO6S2. The van der Waals surface area contributed by atoms with E-state index in [0.29, 0.717) is 0 Å². The Morgan fingerprint density at radius 2 is 1.81 bits per heavy atom. The van der Waals surface area contributed by atoms with Gasteiger partial charge in [0.05, 0.1) is 17.5 Å². The molecule has 0 spiro atoms. The average Bonchev–Trinajstić information content (AvgIpc) is 2.26. The monoisotopic (exact) mass is 327 g/mol. The van der Waals surface area contributed by atoms with Gasteiger partial charge in [-0.05, 0) is 24.1 Å². The van der Waals surface area contributed by atoms with Gasteiger partial charge >= 0.3 is 18.9 Å². The molecule has 0 atom stereocenters. The van der Waals surface area contributed by atoms with Crippen molar-refractivity contribution in [2.45, 2.75) is 6.42 Å². The second-order valence-electron chi connectivity index (χ2n) is 4.27. The molecule has 0 amide bonds. The summed E-state index contributed by atoms with van der Waals surface area (Å²) in [4.78, 5) is 10.6. The largest absolute Gasteiger partial charge is 1.00 e. The van der Waals surface area contributed by atoms with Crippen molar-refractivity contribution in [1.29, 1.82) is 0 Å². The molecule has 1 N–H and O–H groups in total. The van der Waals surface area contributed by atoms with Gasteiger partial charge in [0.15, 0.2) is 0 Å². The zero-order valence-electron chi connectivity index (χ0n) is 11.7. The Hall–Kier alpha value is -1.01. The van der Waals surface area contributed by atoms with Crippen LogP contribution in [0.2, 0.25) is 0 Å². The number of rotatable bonds is 7. The Balaban J connectivity index is 0.00000400. The number of carboxylic acid groups (broad SMARTS) is 1. The van der Waals surface area contributed by atoms with Gasteiger partial charge in [-0.25, -0.2) is 16.8 Å². The van der Waals surface area contributed by atoms with Gasteiger partial charge in [-0.2, -0.15) is 0 Å². The van der Waals surface area contributed by atoms with Crippen molar-refractivity contribution in [1.82, 2.24) is 0 Å². The fourth-order valence-electron chi connectivity index (χ4n) is 1.45. The van der Waals surface area contributed by atoms with Crippen molar-refractivity contribution < 1.29 is 45.6 Å². The van der Waals surface area contributed by atoms with E-state index in [-0.39, 0.29) is 48.0 Å². The smallest absolute Gasteiger partial charge is 0.545 e. The number of sulfone groups is 1. The molecule has 1 rings (SSSR count). The Morgan fingerprint density at radius 1 is 1.19 bits per heavy atom. The summed E-state index contributed by atoms with van der Waals surface area (Å²) in [6.45, 7) is 0. The molecule has 0 saturated carbocycles. The minimum atomic E-state index is -3.73. The van der Waals surface area contributed by atoms with Gasteiger partial charge < -0.3 is 9.90 Å². The maximum atomic E-state index is 11.7. The molecule has 0 aromatic heterocycles. The third kappa shape index (κ3) is 8.11. The second kappa shape index (κ2) is 7.84. The van der Waals surface area contributed by atoms with Crippen LogP contribution in [-0.4, -0.2) is 40.6 Å². The summed E-state index contributed by atoms with van der Waals surface area (Å²) < 4.78 is 47.4. The molecule has 7 nitrogen and oxygen atoms in total. The van der Waals surface area contributed by atoms with Crippen molar-refractivity contribution in [2.24, 2.45) is 0 Å². The van der Waals surface area contributed by atoms with Crippen molar-refractivity contribution in [3.63, 3.8) is 0 Å². The number of anilines is 1. The van der Waals surface area contributed by atoms with Gasteiger partial charge in [0, 0.05) is 11.9 Å². The Morgan fingerprint density at radius 3 is 2.33 bits per heavy atom. The van der Waals surface area contributed by atoms with Crippen LogP contribution in [0.4, 0.5) is 5.69 Å². The Bertz CT molecular complexity index is 699. The molecular weight excluding hydrogens is 313 g/mol. The predicted molar refractivity (Wildman–Crippen MR) is 72.5 cm³/mol. The van der Waals surface area contributed by atoms with E-state index in [1.165, 1.54) is 18.2 Å². The van der Waals surface area contributed by atoms with E-state index in [1.807, 2.05) is 0 Å². The molecule has 0 fully saturated rings. The predicted octanol–water partition coefficient (Wildman–Crippen LogP) is -3.77. The normalized spacial score (nSPS) is 11.5. The van der Waals surface area contributed by atoms with Crippen molar-refractivity contribution in [3.05, 3.63) is 29.8 Å². The zero-order valence-corrected chi connectivity index (χ0v) is 13.3. The molecule has 1 aromatic rings. The minimum absolute atomic E-state index is 0. The number of aromatic carboxylic acids is 1. The zero-order chi connectivity index (χ0) is 15.4. The summed E-state index contributed by atoms with van der Waals surface area (Å²) in [5, 5.41) is 10.6. The van der Waals surface area contributed by atoms with Crippen LogP contribution >= 0.6 is 0 Å². The maximum absolute atomic E-state index is 11.7. The van der Waals surface area contributed by atoms with Crippen LogP contribution < -0.4 is 28.7 Å². The molecule has 21 heavy (non-hydrogen) atoms. The molecule has 0 aliphatic rings. The summed E-state index contributed by atoms with van der Waals surface area (Å²) in [6, 6.07) is 5.17. The molecule has 0 saturated heterocycles. The first kappa shape index (κ1) is 20.0. The van der Waals surface area contributed by atoms with Crippen LogP contribution in [0.3, 0.4) is 0 Å². The number of hydrogen-bond acceptors (Lipinski definition) is 6. The molecule has 10 heteroatoms. The van der Waals surface area contributed by atoms with Crippen LogP contribution in [0.15, 0.2) is 24.3 Å². The number of benzene rings is 1. The van der Waals surface area contributed by atoms with E-state index in [4.69, 9.17) is 0 Å². The third-order valence-electron chi connectivity index (χ3n) is 2.30. The van der Waals surface area contributed by atoms with E-state index in [9.17, 15) is 26.7 Å². The van der Waals surface area contributed by atoms with E-state index in [0.717, 1.165) is 12.3 Å². The first-order valence-corrected chi connectivity index (χ1v) is 9.30. The van der Waals surface area contributed by atoms with Crippen LogP contribution in [-0.2, 0) is 19.9 Å². The molecule has 112 valence electrons. The molecule has 1 aromatic carbocycles. The Labute approximate surface area is 135 Å². The fraction of sp³-hybridized carbons (Fsp3) is 0.364. The number of carbonyl (C=O) groups is 1. The number of nitrogens with one attached hydrogen (secondary N) is 1. The summed E-state index contributed by atoms with van der Waals surface area (Å²) in [6.07, 6.45) is 0.991. The molecule has 0 aliphatic heterocycles. The van der Waals surface area contributed by atoms with Crippen molar-refractivity contribution >= 4 is 31.5 Å². The number of carboxylic acids is 1. The van der Waals surface area contributed by atoms with Gasteiger partial charge in [-0.1, -0.05) is 12.1 Å². The molecule has 0 unspecified atom stereocenters. The number of sulfonamides is 1. The van der Waals surface area contributed by atoms with Crippen LogP contribution in [0, 0.1) is 0 Å². The van der Waals surface area contributed by atoms with Crippen LogP contribution in [0.5, 0.6) is 0 Å². The third-order valence-corrected chi connectivity index (χ3v) is 4.70. The van der Waals surface area contributed by atoms with Crippen LogP contribution in [0.25, 0.3) is 0 Å². The summed E-state index contributed by atoms with van der Waals surface area (Å²) >= 11 is 0. The molecule has 0 radical (unpaired) electrons. The minimum Gasteiger partial charge on any atom is -0.545 e. The SMILES string of the molecule is CS(=O)(=O)CCCS(=O)(=O)Nc1cccc(C(=O)[O-])c1.[Li+]. The standard InChI is InChI=1S/C11H15NO6S2.Li/c1-19(15,16)6-3-7-20(17,18)12-10-5-2-4-9(8-10)11(13)14;/h2,4-5,8,12H,3,6-7H2,1H3,(H,13,14);/q;+1/p-1. The van der Waals surface area contributed by atoms with E-state index >= 15 is 0 Å². The first-order valence-electron chi connectivity index (χ1n) is 5.59. The van der Waals surface area contributed by atoms with Gasteiger partial charge in [-0.15, -0.1) is 0 Å². The number of hydrogen-bond donors (Lipinski definition) is 1. The van der Waals surface area contributed by atoms with Gasteiger partial charge in [0.2, 0.25) is 10.0 Å². The second-order valence-corrected chi connectivity index (χ2v) is 8.37. The number of carbonyl (C=O) groups excluding carboxylic acids is 1. The summed E-state index contributed by atoms with van der Waals surface area (Å²) in [7, 11) is -6.94. The quantitative estimate of drug-likeness (QED) is 0.513. The van der Waals surface area contributed by atoms with Gasteiger partial charge in [-0.3, -0.25) is 4.72 Å². The van der Waals surface area contributed by atoms with Gasteiger partial charge in [0.25, 0.3) is 0 Å². The van der Waals surface area contributed by atoms with Crippen LogP contribution in [0.1, 0.15) is 16.8 Å². The van der Waals surface area contributed by atoms with Gasteiger partial charge in [0.1, 0.15) is 9.84 Å². The average molecular weight is 327 g/mol. The molecule has 0 aliphatic carbocycles. The first-order chi connectivity index (χ1) is 9.09. The fourth-order valence-corrected chi connectivity index (χ4v) is 3.42. The van der Waals surface area contributed by atoms with Crippen molar-refractivity contribution in [3.8, 4) is 0 Å². The summed E-state index contributed by atoms with van der Waals surface area (Å²) in [5.74, 6) is -2.01. The summed E-state index contributed by atoms with van der Waals surface area (Å²) in [5.41, 5.74) is -0.0626.